The number of hydrogen-bond donors (Lipinski definition) is 0. The summed E-state index contributed by atoms with van der Waals surface area (Å²) in [6.07, 6.45) is 10.7. The van der Waals surface area contributed by atoms with Crippen LogP contribution in [0.15, 0.2) is 40.3 Å². The lowest BCUT2D eigenvalue weighted by molar-refractivity contribution is 0.0954. The van der Waals surface area contributed by atoms with Gasteiger partial charge in [0.15, 0.2) is 5.60 Å². The van der Waals surface area contributed by atoms with Crippen molar-refractivity contribution in [1.82, 2.24) is 0 Å². The second-order valence-corrected chi connectivity index (χ2v) is 4.18. The van der Waals surface area contributed by atoms with Gasteiger partial charge < -0.3 is 4.74 Å². The van der Waals surface area contributed by atoms with Crippen LogP contribution < -0.4 is 0 Å². The fraction of sp³-hybridized carbons (Fsp3) is 0.308. The summed E-state index contributed by atoms with van der Waals surface area (Å²) in [6, 6.07) is 0. The van der Waals surface area contributed by atoms with E-state index in [-0.39, 0.29) is 0 Å². The Morgan fingerprint density at radius 3 is 2.73 bits per heavy atom. The number of hydrogen-bond acceptors (Lipinski definition) is 1. The van der Waals surface area contributed by atoms with Crippen LogP contribution in [0.25, 0.3) is 0 Å². The van der Waals surface area contributed by atoms with Crippen molar-refractivity contribution < 1.29 is 4.74 Å². The Hall–Kier alpha value is -1.35. The second-order valence-electron chi connectivity index (χ2n) is 3.77. The summed E-state index contributed by atoms with van der Waals surface area (Å²) in [5.41, 5.74) is 3.34. The first-order valence-electron chi connectivity index (χ1n) is 4.62. The number of halogens is 1. The van der Waals surface area contributed by atoms with Crippen molar-refractivity contribution in [1.29, 1.82) is 0 Å². The zero-order valence-electron chi connectivity index (χ0n) is 9.10. The third-order valence-corrected chi connectivity index (χ3v) is 2.15. The van der Waals surface area contributed by atoms with E-state index in [2.05, 4.69) is 11.7 Å². The molecule has 1 aliphatic rings. The maximum absolute atomic E-state index is 6.02. The number of terminal acetylenes is 1. The lowest BCUT2D eigenvalue weighted by atomic mass is 10.1. The van der Waals surface area contributed by atoms with Crippen molar-refractivity contribution in [2.45, 2.75) is 26.4 Å². The fourth-order valence-electron chi connectivity index (χ4n) is 0.964. The van der Waals surface area contributed by atoms with Gasteiger partial charge in [0.25, 0.3) is 0 Å². The van der Waals surface area contributed by atoms with Crippen LogP contribution in [0, 0.1) is 12.3 Å². The Bertz CT molecular complexity index is 424. The molecule has 0 heterocycles. The van der Waals surface area contributed by atoms with Crippen LogP contribution in [0.2, 0.25) is 0 Å². The average Bonchev–Trinajstić information content (AvgIpc) is 2.33. The lowest BCUT2D eigenvalue weighted by Crippen LogP contribution is -2.21. The van der Waals surface area contributed by atoms with Gasteiger partial charge in [-0.25, -0.2) is 0 Å². The number of ether oxygens (including phenoxy) is 1. The summed E-state index contributed by atoms with van der Waals surface area (Å²) < 4.78 is 5.61. The van der Waals surface area contributed by atoms with Crippen molar-refractivity contribution in [2.75, 3.05) is 0 Å². The van der Waals surface area contributed by atoms with Gasteiger partial charge in [0.05, 0.1) is 5.03 Å². The first-order valence-corrected chi connectivity index (χ1v) is 5.00. The van der Waals surface area contributed by atoms with E-state index in [9.17, 15) is 0 Å². The molecule has 78 valence electrons. The van der Waals surface area contributed by atoms with E-state index >= 15 is 0 Å². The Balaban J connectivity index is 2.96. The minimum Gasteiger partial charge on any atom is -0.474 e. The molecule has 0 fully saturated rings. The summed E-state index contributed by atoms with van der Waals surface area (Å²) in [4.78, 5) is 0. The maximum Gasteiger partial charge on any atom is 0.163 e. The van der Waals surface area contributed by atoms with E-state index in [1.54, 1.807) is 12.2 Å². The van der Waals surface area contributed by atoms with Crippen LogP contribution in [0.4, 0.5) is 0 Å². The molecular formula is C13H13ClO. The van der Waals surface area contributed by atoms with Gasteiger partial charge in [-0.3, -0.25) is 0 Å². The predicted molar refractivity (Wildman–Crippen MR) is 63.3 cm³/mol. The highest BCUT2D eigenvalue weighted by molar-refractivity contribution is 6.31. The topological polar surface area (TPSA) is 9.23 Å². The molecule has 0 spiro atoms. The molecule has 0 radical (unpaired) electrons. The van der Waals surface area contributed by atoms with Crippen LogP contribution in [-0.4, -0.2) is 5.60 Å². The number of rotatable bonds is 2. The second kappa shape index (κ2) is 4.45. The summed E-state index contributed by atoms with van der Waals surface area (Å²) in [7, 11) is 0. The van der Waals surface area contributed by atoms with Gasteiger partial charge in [-0.2, -0.15) is 0 Å². The summed E-state index contributed by atoms with van der Waals surface area (Å²) in [5, 5.41) is 0.506. The largest absolute Gasteiger partial charge is 0.474 e. The van der Waals surface area contributed by atoms with Crippen molar-refractivity contribution in [3.05, 3.63) is 40.3 Å². The van der Waals surface area contributed by atoms with E-state index in [0.717, 1.165) is 5.57 Å². The Kier molecular flexibility index (Phi) is 3.48. The first kappa shape index (κ1) is 11.7. The molecular weight excluding hydrogens is 208 g/mol. The fourth-order valence-corrected chi connectivity index (χ4v) is 1.12. The molecule has 0 aromatic rings. The molecule has 1 aliphatic carbocycles. The van der Waals surface area contributed by atoms with Gasteiger partial charge in [-0.15, -0.1) is 12.2 Å². The molecule has 2 heteroatoms. The van der Waals surface area contributed by atoms with Crippen molar-refractivity contribution >= 4 is 11.6 Å². The highest BCUT2D eigenvalue weighted by Gasteiger charge is 2.17. The third kappa shape index (κ3) is 3.36. The minimum atomic E-state index is -0.661. The van der Waals surface area contributed by atoms with Crippen LogP contribution >= 0.6 is 11.6 Å². The smallest absolute Gasteiger partial charge is 0.163 e. The Morgan fingerprint density at radius 1 is 1.47 bits per heavy atom. The molecule has 1 nitrogen and oxygen atoms in total. The molecule has 0 saturated heterocycles. The summed E-state index contributed by atoms with van der Waals surface area (Å²) >= 11 is 6.02. The lowest BCUT2D eigenvalue weighted by Gasteiger charge is -2.21. The molecule has 0 atom stereocenters. The average molecular weight is 221 g/mol. The highest BCUT2D eigenvalue weighted by Crippen LogP contribution is 2.22. The van der Waals surface area contributed by atoms with Gasteiger partial charge in [-0.05, 0) is 38.5 Å². The minimum absolute atomic E-state index is 0.506. The Labute approximate surface area is 95.8 Å². The monoisotopic (exact) mass is 220 g/mol. The van der Waals surface area contributed by atoms with Crippen molar-refractivity contribution in [3.8, 4) is 12.3 Å². The molecule has 0 amide bonds. The zero-order chi connectivity index (χ0) is 11.5. The molecule has 0 aromatic heterocycles. The SMILES string of the molecule is C#CC(C)(C)OC1=C(Cl)C=C=C(C)C=C1. The van der Waals surface area contributed by atoms with Gasteiger partial charge >= 0.3 is 0 Å². The molecule has 0 saturated carbocycles. The van der Waals surface area contributed by atoms with Crippen LogP contribution in [0.5, 0.6) is 0 Å². The molecule has 0 aliphatic heterocycles. The third-order valence-electron chi connectivity index (χ3n) is 1.86. The molecule has 0 unspecified atom stereocenters. The molecule has 0 aromatic carbocycles. The van der Waals surface area contributed by atoms with Gasteiger partial charge in [0.1, 0.15) is 5.76 Å². The first-order chi connectivity index (χ1) is 6.94. The zero-order valence-corrected chi connectivity index (χ0v) is 9.85. The van der Waals surface area contributed by atoms with E-state index in [1.165, 1.54) is 0 Å². The number of allylic oxidation sites excluding steroid dienone is 4. The quantitative estimate of drug-likeness (QED) is 0.511. The van der Waals surface area contributed by atoms with Gasteiger partial charge in [-0.1, -0.05) is 17.5 Å². The molecule has 1 rings (SSSR count). The van der Waals surface area contributed by atoms with Crippen LogP contribution in [0.3, 0.4) is 0 Å². The maximum atomic E-state index is 6.02. The van der Waals surface area contributed by atoms with E-state index in [4.69, 9.17) is 22.8 Å². The predicted octanol–water partition coefficient (Wildman–Crippen LogP) is 3.54. The van der Waals surface area contributed by atoms with Crippen molar-refractivity contribution in [3.63, 3.8) is 0 Å². The standard InChI is InChI=1S/C13H13ClO/c1-5-13(3,4)15-12-9-7-10(2)6-8-11(12)14/h1,7-9H,2-4H3. The summed E-state index contributed by atoms with van der Waals surface area (Å²) in [5.74, 6) is 3.12. The van der Waals surface area contributed by atoms with Crippen LogP contribution in [0.1, 0.15) is 20.8 Å². The Morgan fingerprint density at radius 2 is 2.13 bits per heavy atom. The summed E-state index contributed by atoms with van der Waals surface area (Å²) in [6.45, 7) is 5.56. The van der Waals surface area contributed by atoms with E-state index in [0.29, 0.717) is 10.8 Å². The molecule has 0 N–H and O–H groups in total. The van der Waals surface area contributed by atoms with Gasteiger partial charge in [0.2, 0.25) is 0 Å². The van der Waals surface area contributed by atoms with Crippen LogP contribution in [-0.2, 0) is 4.74 Å². The van der Waals surface area contributed by atoms with Gasteiger partial charge in [0, 0.05) is 6.08 Å². The van der Waals surface area contributed by atoms with E-state index < -0.39 is 5.60 Å². The van der Waals surface area contributed by atoms with Crippen molar-refractivity contribution in [2.24, 2.45) is 0 Å². The highest BCUT2D eigenvalue weighted by atomic mass is 35.5. The normalized spacial score (nSPS) is 15.8. The molecule has 0 bridgehead atoms. The molecule has 15 heavy (non-hydrogen) atoms. The van der Waals surface area contributed by atoms with E-state index in [1.807, 2.05) is 26.8 Å².